The topological polar surface area (TPSA) is 78.4 Å². The Labute approximate surface area is 128 Å². The van der Waals surface area contributed by atoms with E-state index < -0.39 is 12.0 Å². The van der Waals surface area contributed by atoms with Crippen LogP contribution in [0.3, 0.4) is 0 Å². The molecule has 0 heterocycles. The van der Waals surface area contributed by atoms with Crippen LogP contribution in [0.15, 0.2) is 54.7 Å². The van der Waals surface area contributed by atoms with Crippen LogP contribution in [0.1, 0.15) is 21.5 Å². The first-order valence-electron chi connectivity index (χ1n) is 6.69. The molecule has 0 atom stereocenters. The zero-order valence-electron chi connectivity index (χ0n) is 12.0. The van der Waals surface area contributed by atoms with Gasteiger partial charge in [0.05, 0.1) is 5.56 Å². The lowest BCUT2D eigenvalue weighted by Gasteiger charge is -2.05. The highest BCUT2D eigenvalue weighted by molar-refractivity contribution is 5.93. The van der Waals surface area contributed by atoms with Gasteiger partial charge in [-0.25, -0.2) is 9.59 Å². The summed E-state index contributed by atoms with van der Waals surface area (Å²) in [5.74, 6) is -1.04. The summed E-state index contributed by atoms with van der Waals surface area (Å²) in [5, 5.41) is 14.0. The maximum absolute atomic E-state index is 11.7. The Bertz CT molecular complexity index is 706. The summed E-state index contributed by atoms with van der Waals surface area (Å²) >= 11 is 0. The highest BCUT2D eigenvalue weighted by atomic mass is 16.4. The van der Waals surface area contributed by atoms with Crippen molar-refractivity contribution in [2.45, 2.75) is 6.92 Å². The average molecular weight is 296 g/mol. The minimum atomic E-state index is -1.04. The maximum Gasteiger partial charge on any atom is 0.335 e. The molecule has 0 saturated carbocycles. The average Bonchev–Trinajstić information content (AvgIpc) is 2.49. The fourth-order valence-electron chi connectivity index (χ4n) is 1.79. The number of carboxylic acid groups (broad SMARTS) is 1. The molecule has 0 fully saturated rings. The fourth-order valence-corrected chi connectivity index (χ4v) is 1.79. The number of nitrogens with one attached hydrogen (secondary N) is 2. The molecule has 112 valence electrons. The van der Waals surface area contributed by atoms with Gasteiger partial charge in [-0.1, -0.05) is 35.9 Å². The van der Waals surface area contributed by atoms with E-state index in [1.165, 1.54) is 23.9 Å². The number of aryl methyl sites for hydroxylation is 1. The number of anilines is 1. The number of amides is 2. The molecule has 2 rings (SSSR count). The molecule has 2 amide bonds. The van der Waals surface area contributed by atoms with Gasteiger partial charge in [0.2, 0.25) is 0 Å². The van der Waals surface area contributed by atoms with E-state index in [9.17, 15) is 9.59 Å². The van der Waals surface area contributed by atoms with E-state index >= 15 is 0 Å². The first kappa shape index (κ1) is 15.3. The zero-order valence-corrected chi connectivity index (χ0v) is 12.0. The Balaban J connectivity index is 1.91. The number of benzene rings is 2. The molecule has 3 N–H and O–H groups in total. The van der Waals surface area contributed by atoms with Crippen molar-refractivity contribution in [3.05, 3.63) is 71.4 Å². The largest absolute Gasteiger partial charge is 0.478 e. The number of rotatable bonds is 4. The number of hydrogen-bond donors (Lipinski definition) is 3. The molecular weight excluding hydrogens is 280 g/mol. The zero-order chi connectivity index (χ0) is 15.9. The molecule has 0 aliphatic heterocycles. The van der Waals surface area contributed by atoms with Crippen molar-refractivity contribution in [3.63, 3.8) is 0 Å². The van der Waals surface area contributed by atoms with E-state index in [1.54, 1.807) is 18.2 Å². The highest BCUT2D eigenvalue weighted by Crippen LogP contribution is 2.10. The number of carboxylic acids is 1. The van der Waals surface area contributed by atoms with Gasteiger partial charge in [-0.05, 0) is 36.8 Å². The van der Waals surface area contributed by atoms with Crippen LogP contribution in [0.25, 0.3) is 6.08 Å². The fraction of sp³-hybridized carbons (Fsp3) is 0.0588. The van der Waals surface area contributed by atoms with Crippen LogP contribution in [0, 0.1) is 6.92 Å². The SMILES string of the molecule is Cc1ccc(/C=C/NC(=O)Nc2cccc(C(=O)O)c2)cc1. The third-order valence-electron chi connectivity index (χ3n) is 2.93. The third kappa shape index (κ3) is 4.49. The van der Waals surface area contributed by atoms with Crippen LogP contribution in [0.4, 0.5) is 10.5 Å². The quantitative estimate of drug-likeness (QED) is 0.808. The van der Waals surface area contributed by atoms with Gasteiger partial charge in [-0.3, -0.25) is 0 Å². The van der Waals surface area contributed by atoms with Gasteiger partial charge in [0.25, 0.3) is 0 Å². The van der Waals surface area contributed by atoms with Gasteiger partial charge >= 0.3 is 12.0 Å². The summed E-state index contributed by atoms with van der Waals surface area (Å²) in [6.45, 7) is 2.00. The van der Waals surface area contributed by atoms with Crippen molar-refractivity contribution in [2.75, 3.05) is 5.32 Å². The highest BCUT2D eigenvalue weighted by Gasteiger charge is 2.04. The third-order valence-corrected chi connectivity index (χ3v) is 2.93. The van der Waals surface area contributed by atoms with E-state index in [2.05, 4.69) is 10.6 Å². The van der Waals surface area contributed by atoms with E-state index in [0.717, 1.165) is 5.56 Å². The lowest BCUT2D eigenvalue weighted by atomic mass is 10.1. The predicted molar refractivity (Wildman–Crippen MR) is 85.8 cm³/mol. The standard InChI is InChI=1S/C17H16N2O3/c1-12-5-7-13(8-6-12)9-10-18-17(22)19-15-4-2-3-14(11-15)16(20)21/h2-11H,1H3,(H,20,21)(H2,18,19,22)/b10-9+. The predicted octanol–water partition coefficient (Wildman–Crippen LogP) is 3.49. The second kappa shape index (κ2) is 7.08. The molecular formula is C17H16N2O3. The molecule has 2 aromatic rings. The van der Waals surface area contributed by atoms with Crippen LogP contribution >= 0.6 is 0 Å². The summed E-state index contributed by atoms with van der Waals surface area (Å²) in [7, 11) is 0. The molecule has 0 radical (unpaired) electrons. The van der Waals surface area contributed by atoms with Crippen molar-refractivity contribution >= 4 is 23.8 Å². The van der Waals surface area contributed by atoms with E-state index in [-0.39, 0.29) is 5.56 Å². The van der Waals surface area contributed by atoms with Crippen molar-refractivity contribution in [3.8, 4) is 0 Å². The maximum atomic E-state index is 11.7. The minimum absolute atomic E-state index is 0.119. The van der Waals surface area contributed by atoms with Gasteiger partial charge < -0.3 is 15.7 Å². The summed E-state index contributed by atoms with van der Waals surface area (Å²) in [6.07, 6.45) is 3.30. The lowest BCUT2D eigenvalue weighted by molar-refractivity contribution is 0.0697. The van der Waals surface area contributed by atoms with Gasteiger partial charge in [0.15, 0.2) is 0 Å². The Morgan fingerprint density at radius 1 is 1.09 bits per heavy atom. The number of hydrogen-bond acceptors (Lipinski definition) is 2. The first-order valence-corrected chi connectivity index (χ1v) is 6.69. The van der Waals surface area contributed by atoms with Crippen molar-refractivity contribution in [1.82, 2.24) is 5.32 Å². The van der Waals surface area contributed by atoms with Crippen molar-refractivity contribution < 1.29 is 14.7 Å². The summed E-state index contributed by atoms with van der Waals surface area (Å²) in [4.78, 5) is 22.6. The van der Waals surface area contributed by atoms with E-state index in [0.29, 0.717) is 5.69 Å². The molecule has 0 aromatic heterocycles. The second-order valence-corrected chi connectivity index (χ2v) is 4.73. The molecule has 0 bridgehead atoms. The second-order valence-electron chi connectivity index (χ2n) is 4.73. The lowest BCUT2D eigenvalue weighted by Crippen LogP contribution is -2.23. The molecule has 5 nitrogen and oxygen atoms in total. The summed E-state index contributed by atoms with van der Waals surface area (Å²) in [5.41, 5.74) is 2.68. The molecule has 22 heavy (non-hydrogen) atoms. The first-order chi connectivity index (χ1) is 10.5. The van der Waals surface area contributed by atoms with E-state index in [1.807, 2.05) is 31.2 Å². The Morgan fingerprint density at radius 3 is 2.50 bits per heavy atom. The molecule has 0 unspecified atom stereocenters. The summed E-state index contributed by atoms with van der Waals surface area (Å²) in [6, 6.07) is 13.5. The molecule has 0 aliphatic carbocycles. The Hall–Kier alpha value is -3.08. The molecule has 0 spiro atoms. The molecule has 2 aromatic carbocycles. The van der Waals surface area contributed by atoms with Crippen LogP contribution < -0.4 is 10.6 Å². The number of carbonyl (C=O) groups is 2. The van der Waals surface area contributed by atoms with Crippen LogP contribution in [0.2, 0.25) is 0 Å². The van der Waals surface area contributed by atoms with Crippen LogP contribution in [-0.2, 0) is 0 Å². The molecule has 5 heteroatoms. The minimum Gasteiger partial charge on any atom is -0.478 e. The number of urea groups is 1. The normalized spacial score (nSPS) is 10.4. The van der Waals surface area contributed by atoms with Gasteiger partial charge in [0, 0.05) is 11.9 Å². The van der Waals surface area contributed by atoms with Crippen molar-refractivity contribution in [1.29, 1.82) is 0 Å². The Kier molecular flexibility index (Phi) is 4.93. The smallest absolute Gasteiger partial charge is 0.335 e. The summed E-state index contributed by atoms with van der Waals surface area (Å²) < 4.78 is 0. The van der Waals surface area contributed by atoms with Crippen LogP contribution in [0.5, 0.6) is 0 Å². The van der Waals surface area contributed by atoms with Gasteiger partial charge in [-0.2, -0.15) is 0 Å². The van der Waals surface area contributed by atoms with Gasteiger partial charge in [0.1, 0.15) is 0 Å². The van der Waals surface area contributed by atoms with E-state index in [4.69, 9.17) is 5.11 Å². The molecule has 0 saturated heterocycles. The van der Waals surface area contributed by atoms with Crippen LogP contribution in [-0.4, -0.2) is 17.1 Å². The number of carbonyl (C=O) groups excluding carboxylic acids is 1. The monoisotopic (exact) mass is 296 g/mol. The molecule has 0 aliphatic rings. The van der Waals surface area contributed by atoms with Gasteiger partial charge in [-0.15, -0.1) is 0 Å². The van der Waals surface area contributed by atoms with Crippen molar-refractivity contribution in [2.24, 2.45) is 0 Å². The Morgan fingerprint density at radius 2 is 1.82 bits per heavy atom. The number of aromatic carboxylic acids is 1.